The lowest BCUT2D eigenvalue weighted by atomic mass is 10.3. The van der Waals surface area contributed by atoms with Crippen LogP contribution in [0.5, 0.6) is 0 Å². The Morgan fingerprint density at radius 2 is 1.38 bits per heavy atom. The molecule has 0 amide bonds. The van der Waals surface area contributed by atoms with Crippen LogP contribution in [0, 0.1) is 0 Å². The van der Waals surface area contributed by atoms with E-state index in [9.17, 15) is 0 Å². The Hall–Kier alpha value is -0.580. The predicted octanol–water partition coefficient (Wildman–Crippen LogP) is 7.56. The van der Waals surface area contributed by atoms with Crippen LogP contribution in [0.15, 0.2) is 49.3 Å². The first-order valence-corrected chi connectivity index (χ1v) is 13.3. The van der Waals surface area contributed by atoms with Crippen molar-refractivity contribution in [1.29, 1.82) is 0 Å². The SMILES string of the molecule is Brc1ccc2nc(Br)sc2c1.Brc1ccc2nc(NC3CC3)sc2c1.NC1CC1. The van der Waals surface area contributed by atoms with Crippen molar-refractivity contribution >= 4 is 96.0 Å². The Kier molecular flexibility index (Phi) is 7.24. The number of hydrogen-bond donors (Lipinski definition) is 2. The minimum Gasteiger partial charge on any atom is -0.359 e. The summed E-state index contributed by atoms with van der Waals surface area (Å²) in [5, 5.41) is 4.47. The number of halogens is 3. The van der Waals surface area contributed by atoms with Crippen LogP contribution in [0.2, 0.25) is 0 Å². The lowest BCUT2D eigenvalue weighted by Gasteiger charge is -1.94. The number of rotatable bonds is 2. The summed E-state index contributed by atoms with van der Waals surface area (Å²) in [4.78, 5) is 8.79. The van der Waals surface area contributed by atoms with E-state index in [-0.39, 0.29) is 0 Å². The Labute approximate surface area is 202 Å². The van der Waals surface area contributed by atoms with E-state index in [1.807, 2.05) is 24.3 Å². The second kappa shape index (κ2) is 9.70. The van der Waals surface area contributed by atoms with Crippen molar-refractivity contribution < 1.29 is 0 Å². The van der Waals surface area contributed by atoms with Gasteiger partial charge in [-0.3, -0.25) is 0 Å². The third-order valence-electron chi connectivity index (χ3n) is 4.20. The molecule has 29 heavy (non-hydrogen) atoms. The van der Waals surface area contributed by atoms with Gasteiger partial charge < -0.3 is 11.1 Å². The topological polar surface area (TPSA) is 63.8 Å². The van der Waals surface area contributed by atoms with Gasteiger partial charge in [0.1, 0.15) is 0 Å². The molecule has 152 valence electrons. The highest BCUT2D eigenvalue weighted by atomic mass is 79.9. The van der Waals surface area contributed by atoms with E-state index in [2.05, 4.69) is 75.2 Å². The number of anilines is 1. The molecule has 0 saturated heterocycles. The van der Waals surface area contributed by atoms with E-state index < -0.39 is 0 Å². The highest BCUT2D eigenvalue weighted by molar-refractivity contribution is 9.11. The maximum atomic E-state index is 5.22. The Balaban J connectivity index is 0.000000121. The first-order chi connectivity index (χ1) is 14.0. The highest BCUT2D eigenvalue weighted by Gasteiger charge is 2.22. The third kappa shape index (κ3) is 6.70. The molecule has 3 N–H and O–H groups in total. The van der Waals surface area contributed by atoms with Gasteiger partial charge in [-0.05, 0) is 78.0 Å². The van der Waals surface area contributed by atoms with Crippen LogP contribution in [0.4, 0.5) is 5.13 Å². The number of benzene rings is 2. The molecule has 6 rings (SSSR count). The van der Waals surface area contributed by atoms with Crippen molar-refractivity contribution in [1.82, 2.24) is 9.97 Å². The Morgan fingerprint density at radius 1 is 0.828 bits per heavy atom. The summed E-state index contributed by atoms with van der Waals surface area (Å²) in [6, 6.07) is 13.5. The van der Waals surface area contributed by atoms with Gasteiger partial charge in [0.2, 0.25) is 0 Å². The highest BCUT2D eigenvalue weighted by Crippen LogP contribution is 2.32. The summed E-state index contributed by atoms with van der Waals surface area (Å²) >= 11 is 13.6. The third-order valence-corrected chi connectivity index (χ3v) is 7.61. The van der Waals surface area contributed by atoms with Gasteiger partial charge in [0.15, 0.2) is 9.05 Å². The van der Waals surface area contributed by atoms with Crippen LogP contribution >= 0.6 is 70.5 Å². The number of aromatic nitrogens is 2. The fourth-order valence-corrected chi connectivity index (χ4v) is 5.78. The van der Waals surface area contributed by atoms with Crippen molar-refractivity contribution in [3.8, 4) is 0 Å². The van der Waals surface area contributed by atoms with Gasteiger partial charge >= 0.3 is 0 Å². The maximum absolute atomic E-state index is 5.22. The molecular weight excluding hydrogens is 600 g/mol. The molecule has 2 aliphatic rings. The fraction of sp³-hybridized carbons (Fsp3) is 0.300. The zero-order chi connectivity index (χ0) is 20.4. The number of fused-ring (bicyclic) bond motifs is 2. The van der Waals surface area contributed by atoms with Crippen LogP contribution in [0.3, 0.4) is 0 Å². The van der Waals surface area contributed by atoms with E-state index in [1.54, 1.807) is 22.7 Å². The summed E-state index contributed by atoms with van der Waals surface area (Å²) in [5.41, 5.74) is 7.35. The van der Waals surface area contributed by atoms with E-state index in [1.165, 1.54) is 35.1 Å². The molecule has 4 aromatic rings. The van der Waals surface area contributed by atoms with Crippen molar-refractivity contribution in [2.45, 2.75) is 37.8 Å². The molecule has 2 aliphatic carbocycles. The number of nitrogens with one attached hydrogen (secondary N) is 1. The molecule has 0 bridgehead atoms. The van der Waals surface area contributed by atoms with Crippen molar-refractivity contribution in [3.63, 3.8) is 0 Å². The van der Waals surface area contributed by atoms with E-state index in [4.69, 9.17) is 5.73 Å². The molecule has 2 aromatic heterocycles. The number of nitrogens with two attached hydrogens (primary N) is 1. The van der Waals surface area contributed by atoms with E-state index >= 15 is 0 Å². The molecule has 0 radical (unpaired) electrons. The quantitative estimate of drug-likeness (QED) is 0.243. The lowest BCUT2D eigenvalue weighted by Crippen LogP contribution is -1.99. The van der Waals surface area contributed by atoms with Crippen LogP contribution in [-0.2, 0) is 0 Å². The van der Waals surface area contributed by atoms with Crippen LogP contribution in [-0.4, -0.2) is 22.1 Å². The van der Waals surface area contributed by atoms with Crippen molar-refractivity contribution in [2.75, 3.05) is 5.32 Å². The maximum Gasteiger partial charge on any atom is 0.184 e. The number of nitrogens with zero attached hydrogens (tertiary/aromatic N) is 2. The zero-order valence-electron chi connectivity index (χ0n) is 15.4. The standard InChI is InChI=1S/C10H9BrN2S.C7H3Br2NS.C3H7N/c11-6-1-4-8-9(5-6)14-10(13-8)12-7-2-3-7;8-4-1-2-5-6(3-4)11-7(9)10-5;4-3-1-2-3/h1,4-5,7H,2-3H2,(H,12,13);1-3H;3H,1-2,4H2. The molecular formula is C20H19Br3N4S2. The second-order valence-electron chi connectivity index (χ2n) is 6.97. The molecule has 2 fully saturated rings. The molecule has 4 nitrogen and oxygen atoms in total. The smallest absolute Gasteiger partial charge is 0.184 e. The van der Waals surface area contributed by atoms with Crippen molar-refractivity contribution in [2.24, 2.45) is 5.73 Å². The van der Waals surface area contributed by atoms with Gasteiger partial charge in [-0.1, -0.05) is 43.2 Å². The largest absolute Gasteiger partial charge is 0.359 e. The molecule has 9 heteroatoms. The fourth-order valence-electron chi connectivity index (χ4n) is 2.33. The molecule has 2 saturated carbocycles. The second-order valence-corrected chi connectivity index (χ2v) is 12.1. The number of thiazole rings is 2. The van der Waals surface area contributed by atoms with Gasteiger partial charge in [0.05, 0.1) is 20.4 Å². The average molecular weight is 619 g/mol. The summed E-state index contributed by atoms with van der Waals surface area (Å²) in [5.74, 6) is 0. The zero-order valence-corrected chi connectivity index (χ0v) is 21.8. The molecule has 0 atom stereocenters. The van der Waals surface area contributed by atoms with Crippen LogP contribution in [0.25, 0.3) is 20.4 Å². The molecule has 0 unspecified atom stereocenters. The predicted molar refractivity (Wildman–Crippen MR) is 136 cm³/mol. The minimum atomic E-state index is 0.583. The van der Waals surface area contributed by atoms with E-state index in [0.717, 1.165) is 29.0 Å². The minimum absolute atomic E-state index is 0.583. The van der Waals surface area contributed by atoms with Gasteiger partial charge in [-0.25, -0.2) is 9.97 Å². The first-order valence-electron chi connectivity index (χ1n) is 9.26. The molecule has 2 aromatic carbocycles. The normalized spacial score (nSPS) is 15.4. The average Bonchev–Trinajstić information content (AvgIpc) is 3.57. The monoisotopic (exact) mass is 616 g/mol. The summed E-state index contributed by atoms with van der Waals surface area (Å²) < 4.78 is 5.59. The summed E-state index contributed by atoms with van der Waals surface area (Å²) in [7, 11) is 0. The van der Waals surface area contributed by atoms with Gasteiger partial charge in [-0.15, -0.1) is 11.3 Å². The Bertz CT molecular complexity index is 1120. The van der Waals surface area contributed by atoms with Crippen LogP contribution < -0.4 is 11.1 Å². The van der Waals surface area contributed by atoms with Gasteiger partial charge in [0.25, 0.3) is 0 Å². The van der Waals surface area contributed by atoms with Gasteiger partial charge in [0, 0.05) is 21.0 Å². The Morgan fingerprint density at radius 3 is 1.93 bits per heavy atom. The number of hydrogen-bond acceptors (Lipinski definition) is 6. The van der Waals surface area contributed by atoms with Gasteiger partial charge in [-0.2, -0.15) is 0 Å². The van der Waals surface area contributed by atoms with Crippen molar-refractivity contribution in [3.05, 3.63) is 49.3 Å². The molecule has 2 heterocycles. The summed E-state index contributed by atoms with van der Waals surface area (Å²) in [6.45, 7) is 0. The first kappa shape index (κ1) is 21.6. The van der Waals surface area contributed by atoms with Crippen LogP contribution in [0.1, 0.15) is 25.7 Å². The lowest BCUT2D eigenvalue weighted by molar-refractivity contribution is 1.07. The molecule has 0 aliphatic heterocycles. The van der Waals surface area contributed by atoms with E-state index in [0.29, 0.717) is 12.1 Å². The molecule has 0 spiro atoms. The summed E-state index contributed by atoms with van der Waals surface area (Å²) in [6.07, 6.45) is 5.11.